The number of thiophene rings is 1. The maximum atomic E-state index is 9.87. The van der Waals surface area contributed by atoms with E-state index in [1.165, 1.54) is 0 Å². The van der Waals surface area contributed by atoms with E-state index in [9.17, 15) is 5.11 Å². The highest BCUT2D eigenvalue weighted by Crippen LogP contribution is 2.22. The van der Waals surface area contributed by atoms with E-state index < -0.39 is 6.10 Å². The standard InChI is InChI=1S/C11H15NOS2/c1-3-6-12(2)11(14)8-9(13)10-5-4-7-15-10/h3-5,7,9,13H,1,6,8H2,2H3/t9-/m0/s1. The zero-order valence-electron chi connectivity index (χ0n) is 8.72. The normalized spacial score (nSPS) is 12.1. The smallest absolute Gasteiger partial charge is 0.0944 e. The van der Waals surface area contributed by atoms with Gasteiger partial charge in [-0.3, -0.25) is 0 Å². The SMILES string of the molecule is C=CCN(C)C(=S)C[C@H](O)c1cccs1. The number of likely N-dealkylation sites (N-methyl/N-ethyl adjacent to an activating group) is 1. The van der Waals surface area contributed by atoms with Crippen LogP contribution in [0.3, 0.4) is 0 Å². The summed E-state index contributed by atoms with van der Waals surface area (Å²) in [5.41, 5.74) is 0. The first-order valence-electron chi connectivity index (χ1n) is 4.71. The van der Waals surface area contributed by atoms with E-state index in [1.807, 2.05) is 29.5 Å². The monoisotopic (exact) mass is 241 g/mol. The Labute approximate surface area is 99.8 Å². The Morgan fingerprint density at radius 2 is 2.53 bits per heavy atom. The van der Waals surface area contributed by atoms with Gasteiger partial charge in [-0.1, -0.05) is 24.4 Å². The average Bonchev–Trinajstić information content (AvgIpc) is 2.70. The fourth-order valence-electron chi connectivity index (χ4n) is 1.20. The van der Waals surface area contributed by atoms with Crippen molar-refractivity contribution in [3.05, 3.63) is 35.0 Å². The van der Waals surface area contributed by atoms with E-state index >= 15 is 0 Å². The summed E-state index contributed by atoms with van der Waals surface area (Å²) in [6.45, 7) is 4.37. The summed E-state index contributed by atoms with van der Waals surface area (Å²) < 4.78 is 0. The largest absolute Gasteiger partial charge is 0.387 e. The minimum Gasteiger partial charge on any atom is -0.387 e. The third-order valence-corrected chi connectivity index (χ3v) is 3.52. The van der Waals surface area contributed by atoms with Crippen LogP contribution in [0, 0.1) is 0 Å². The lowest BCUT2D eigenvalue weighted by atomic mass is 10.2. The van der Waals surface area contributed by atoms with Gasteiger partial charge in [-0.2, -0.15) is 0 Å². The zero-order chi connectivity index (χ0) is 11.3. The zero-order valence-corrected chi connectivity index (χ0v) is 10.4. The van der Waals surface area contributed by atoms with E-state index in [0.29, 0.717) is 6.42 Å². The lowest BCUT2D eigenvalue weighted by molar-refractivity contribution is 0.187. The molecule has 0 aliphatic carbocycles. The number of rotatable bonds is 5. The molecule has 0 radical (unpaired) electrons. The van der Waals surface area contributed by atoms with Crippen molar-refractivity contribution in [2.75, 3.05) is 13.6 Å². The highest BCUT2D eigenvalue weighted by Gasteiger charge is 2.13. The molecule has 0 saturated carbocycles. The third-order valence-electron chi connectivity index (χ3n) is 2.07. The predicted octanol–water partition coefficient (Wildman–Crippen LogP) is 2.62. The molecule has 1 rings (SSSR count). The molecule has 0 saturated heterocycles. The second kappa shape index (κ2) is 6.00. The fraction of sp³-hybridized carbons (Fsp3) is 0.364. The summed E-state index contributed by atoms with van der Waals surface area (Å²) in [7, 11) is 1.91. The topological polar surface area (TPSA) is 23.5 Å². The lowest BCUT2D eigenvalue weighted by Crippen LogP contribution is -2.26. The van der Waals surface area contributed by atoms with Gasteiger partial charge >= 0.3 is 0 Å². The molecule has 0 aliphatic rings. The van der Waals surface area contributed by atoms with Crippen LogP contribution >= 0.6 is 23.6 Å². The lowest BCUT2D eigenvalue weighted by Gasteiger charge is -2.19. The van der Waals surface area contributed by atoms with Crippen molar-refractivity contribution in [1.29, 1.82) is 0 Å². The van der Waals surface area contributed by atoms with Crippen LogP contribution in [0.1, 0.15) is 17.4 Å². The number of aliphatic hydroxyl groups excluding tert-OH is 1. The quantitative estimate of drug-likeness (QED) is 0.633. The number of thiocarbonyl (C=S) groups is 1. The maximum absolute atomic E-state index is 9.87. The Balaban J connectivity index is 2.48. The highest BCUT2D eigenvalue weighted by molar-refractivity contribution is 7.80. The van der Waals surface area contributed by atoms with Crippen LogP contribution in [0.5, 0.6) is 0 Å². The Bertz CT molecular complexity index is 321. The molecule has 0 unspecified atom stereocenters. The Hall–Kier alpha value is -0.710. The first-order chi connectivity index (χ1) is 7.15. The Morgan fingerprint density at radius 1 is 1.80 bits per heavy atom. The van der Waals surface area contributed by atoms with Crippen LogP contribution in [0.25, 0.3) is 0 Å². The molecular formula is C11H15NOS2. The molecule has 4 heteroatoms. The van der Waals surface area contributed by atoms with Crippen molar-refractivity contribution < 1.29 is 5.11 Å². The van der Waals surface area contributed by atoms with E-state index in [1.54, 1.807) is 17.4 Å². The van der Waals surface area contributed by atoms with Crippen molar-refractivity contribution in [3.8, 4) is 0 Å². The van der Waals surface area contributed by atoms with Gasteiger partial charge in [0, 0.05) is 24.9 Å². The first kappa shape index (κ1) is 12.4. The van der Waals surface area contributed by atoms with Crippen LogP contribution in [0.4, 0.5) is 0 Å². The molecule has 0 bridgehead atoms. The molecule has 82 valence electrons. The third kappa shape index (κ3) is 3.74. The Morgan fingerprint density at radius 3 is 3.07 bits per heavy atom. The van der Waals surface area contributed by atoms with Crippen molar-refractivity contribution in [2.45, 2.75) is 12.5 Å². The minimum atomic E-state index is -0.482. The molecule has 0 spiro atoms. The van der Waals surface area contributed by atoms with Gasteiger partial charge in [-0.15, -0.1) is 17.9 Å². The summed E-state index contributed by atoms with van der Waals surface area (Å²) in [5, 5.41) is 11.8. The molecule has 0 amide bonds. The number of nitrogens with zero attached hydrogens (tertiary/aromatic N) is 1. The van der Waals surface area contributed by atoms with Gasteiger partial charge in [0.05, 0.1) is 11.1 Å². The van der Waals surface area contributed by atoms with E-state index in [-0.39, 0.29) is 0 Å². The van der Waals surface area contributed by atoms with Crippen LogP contribution in [0.15, 0.2) is 30.2 Å². The second-order valence-electron chi connectivity index (χ2n) is 3.30. The summed E-state index contributed by atoms with van der Waals surface area (Å²) in [6, 6.07) is 3.85. The molecule has 1 heterocycles. The number of hydrogen-bond acceptors (Lipinski definition) is 3. The van der Waals surface area contributed by atoms with E-state index in [4.69, 9.17) is 12.2 Å². The van der Waals surface area contributed by atoms with E-state index in [0.717, 1.165) is 16.4 Å². The van der Waals surface area contributed by atoms with Gasteiger partial charge < -0.3 is 10.0 Å². The summed E-state index contributed by atoms with van der Waals surface area (Å²) in [5.74, 6) is 0. The molecule has 15 heavy (non-hydrogen) atoms. The second-order valence-corrected chi connectivity index (χ2v) is 4.75. The van der Waals surface area contributed by atoms with Gasteiger partial charge in [-0.25, -0.2) is 0 Å². The van der Waals surface area contributed by atoms with Gasteiger partial charge in [0.15, 0.2) is 0 Å². The first-order valence-corrected chi connectivity index (χ1v) is 6.00. The van der Waals surface area contributed by atoms with Crippen LogP contribution in [-0.4, -0.2) is 28.6 Å². The highest BCUT2D eigenvalue weighted by atomic mass is 32.1. The predicted molar refractivity (Wildman–Crippen MR) is 69.3 cm³/mol. The van der Waals surface area contributed by atoms with Gasteiger partial charge in [-0.05, 0) is 11.4 Å². The van der Waals surface area contributed by atoms with Crippen molar-refractivity contribution >= 4 is 28.5 Å². The van der Waals surface area contributed by atoms with Gasteiger partial charge in [0.2, 0.25) is 0 Å². The van der Waals surface area contributed by atoms with Crippen LogP contribution in [0.2, 0.25) is 0 Å². The van der Waals surface area contributed by atoms with Crippen LogP contribution < -0.4 is 0 Å². The van der Waals surface area contributed by atoms with Gasteiger partial charge in [0.25, 0.3) is 0 Å². The van der Waals surface area contributed by atoms with Crippen molar-refractivity contribution in [2.24, 2.45) is 0 Å². The molecule has 0 aliphatic heterocycles. The fourth-order valence-corrected chi connectivity index (χ4v) is 2.14. The Kier molecular flexibility index (Phi) is 4.94. The molecule has 1 aromatic rings. The van der Waals surface area contributed by atoms with Crippen LogP contribution in [-0.2, 0) is 0 Å². The summed E-state index contributed by atoms with van der Waals surface area (Å²) in [6.07, 6.45) is 1.81. The summed E-state index contributed by atoms with van der Waals surface area (Å²) >= 11 is 6.76. The molecule has 2 nitrogen and oxygen atoms in total. The maximum Gasteiger partial charge on any atom is 0.0944 e. The average molecular weight is 241 g/mol. The molecule has 0 aromatic carbocycles. The van der Waals surface area contributed by atoms with E-state index in [2.05, 4.69) is 6.58 Å². The molecule has 1 aromatic heterocycles. The number of aliphatic hydroxyl groups is 1. The molecular weight excluding hydrogens is 226 g/mol. The number of hydrogen-bond donors (Lipinski definition) is 1. The van der Waals surface area contributed by atoms with Gasteiger partial charge in [0.1, 0.15) is 0 Å². The van der Waals surface area contributed by atoms with Crippen molar-refractivity contribution in [3.63, 3.8) is 0 Å². The molecule has 1 atom stereocenters. The minimum absolute atomic E-state index is 0.482. The molecule has 0 fully saturated rings. The van der Waals surface area contributed by atoms with Crippen molar-refractivity contribution in [1.82, 2.24) is 4.90 Å². The molecule has 1 N–H and O–H groups in total. The summed E-state index contributed by atoms with van der Waals surface area (Å²) in [4.78, 5) is 3.64.